The highest BCUT2D eigenvalue weighted by Gasteiger charge is 2.36. The fourth-order valence-electron chi connectivity index (χ4n) is 2.84. The highest BCUT2D eigenvalue weighted by molar-refractivity contribution is 6.31. The van der Waals surface area contributed by atoms with Gasteiger partial charge in [-0.15, -0.1) is 0 Å². The van der Waals surface area contributed by atoms with Crippen LogP contribution in [0.15, 0.2) is 42.5 Å². The highest BCUT2D eigenvalue weighted by atomic mass is 35.5. The number of benzene rings is 2. The topological polar surface area (TPSA) is 49.4 Å². The molecule has 0 radical (unpaired) electrons. The second-order valence-corrected chi connectivity index (χ2v) is 6.91. The summed E-state index contributed by atoms with van der Waals surface area (Å²) in [5, 5.41) is 2.42. The quantitative estimate of drug-likeness (QED) is 0.764. The molecule has 1 atom stereocenters. The molecule has 142 valence electrons. The van der Waals surface area contributed by atoms with Crippen molar-refractivity contribution in [3.05, 3.63) is 58.1 Å². The molecule has 2 amide bonds. The number of nitrogens with zero attached hydrogens (tertiary/aromatic N) is 1. The predicted molar refractivity (Wildman–Crippen MR) is 97.0 cm³/mol. The van der Waals surface area contributed by atoms with E-state index in [0.29, 0.717) is 10.7 Å². The standard InChI is InChI=1S/C18H13Cl2F3N2O2/c19-11-2-1-3-13(7-11)25-9-10(6-16(25)26)17(27)24-12-4-5-15(20)14(8-12)18(21,22)23/h1-5,7-8,10H,6,9H2,(H,24,27)/t10-/m1/s1. The Morgan fingerprint density at radius 1 is 1.15 bits per heavy atom. The molecule has 0 bridgehead atoms. The Kier molecular flexibility index (Phi) is 5.35. The van der Waals surface area contributed by atoms with Gasteiger partial charge in [-0.3, -0.25) is 9.59 Å². The summed E-state index contributed by atoms with van der Waals surface area (Å²) in [5.74, 6) is -1.49. The van der Waals surface area contributed by atoms with E-state index in [1.54, 1.807) is 24.3 Å². The molecule has 0 unspecified atom stereocenters. The van der Waals surface area contributed by atoms with Gasteiger partial charge in [-0.1, -0.05) is 29.3 Å². The highest BCUT2D eigenvalue weighted by Crippen LogP contribution is 2.36. The largest absolute Gasteiger partial charge is 0.417 e. The lowest BCUT2D eigenvalue weighted by Crippen LogP contribution is -2.28. The molecule has 3 rings (SSSR count). The van der Waals surface area contributed by atoms with E-state index < -0.39 is 28.6 Å². The van der Waals surface area contributed by atoms with E-state index in [2.05, 4.69) is 5.32 Å². The van der Waals surface area contributed by atoms with Crippen LogP contribution in [0.25, 0.3) is 0 Å². The average Bonchev–Trinajstić information content (AvgIpc) is 2.97. The van der Waals surface area contributed by atoms with E-state index in [1.165, 1.54) is 11.0 Å². The Balaban J connectivity index is 1.73. The normalized spacial score (nSPS) is 17.3. The minimum atomic E-state index is -4.63. The number of anilines is 2. The first-order chi connectivity index (χ1) is 12.6. The number of carbonyl (C=O) groups is 2. The molecule has 9 heteroatoms. The maximum absolute atomic E-state index is 12.9. The van der Waals surface area contributed by atoms with Gasteiger partial charge in [-0.2, -0.15) is 13.2 Å². The van der Waals surface area contributed by atoms with Gasteiger partial charge < -0.3 is 10.2 Å². The first-order valence-electron chi connectivity index (χ1n) is 7.88. The molecular weight excluding hydrogens is 404 g/mol. The third kappa shape index (κ3) is 4.36. The Morgan fingerprint density at radius 3 is 2.56 bits per heavy atom. The molecule has 0 aromatic heterocycles. The van der Waals surface area contributed by atoms with Gasteiger partial charge in [0, 0.05) is 29.4 Å². The molecule has 1 aliphatic rings. The van der Waals surface area contributed by atoms with Gasteiger partial charge in [0.05, 0.1) is 16.5 Å². The fourth-order valence-corrected chi connectivity index (χ4v) is 3.25. The summed E-state index contributed by atoms with van der Waals surface area (Å²) < 4.78 is 38.8. The van der Waals surface area contributed by atoms with Crippen LogP contribution in [-0.4, -0.2) is 18.4 Å². The molecule has 1 fully saturated rings. The zero-order valence-corrected chi connectivity index (χ0v) is 15.2. The van der Waals surface area contributed by atoms with Gasteiger partial charge in [-0.25, -0.2) is 0 Å². The summed E-state index contributed by atoms with van der Waals surface area (Å²) in [6.07, 6.45) is -4.68. The molecule has 0 spiro atoms. The Morgan fingerprint density at radius 2 is 1.89 bits per heavy atom. The second-order valence-electron chi connectivity index (χ2n) is 6.07. The van der Waals surface area contributed by atoms with Gasteiger partial charge in [-0.05, 0) is 36.4 Å². The van der Waals surface area contributed by atoms with E-state index in [0.717, 1.165) is 12.1 Å². The van der Waals surface area contributed by atoms with Crippen LogP contribution < -0.4 is 10.2 Å². The zero-order chi connectivity index (χ0) is 19.8. The molecule has 2 aromatic carbocycles. The number of rotatable bonds is 3. The molecule has 2 aromatic rings. The van der Waals surface area contributed by atoms with Gasteiger partial charge in [0.25, 0.3) is 0 Å². The van der Waals surface area contributed by atoms with Crippen LogP contribution in [0, 0.1) is 5.92 Å². The van der Waals surface area contributed by atoms with Crippen LogP contribution in [0.1, 0.15) is 12.0 Å². The van der Waals surface area contributed by atoms with Gasteiger partial charge in [0.2, 0.25) is 11.8 Å². The lowest BCUT2D eigenvalue weighted by molar-refractivity contribution is -0.137. The SMILES string of the molecule is O=C(Nc1ccc(Cl)c(C(F)(F)F)c1)[C@@H]1CC(=O)N(c2cccc(Cl)c2)C1. The van der Waals surface area contributed by atoms with Crippen molar-refractivity contribution in [3.63, 3.8) is 0 Å². The van der Waals surface area contributed by atoms with E-state index in [4.69, 9.17) is 23.2 Å². The zero-order valence-electron chi connectivity index (χ0n) is 13.7. The van der Waals surface area contributed by atoms with Crippen molar-refractivity contribution in [1.82, 2.24) is 0 Å². The molecule has 1 heterocycles. The summed E-state index contributed by atoms with van der Waals surface area (Å²) in [7, 11) is 0. The predicted octanol–water partition coefficient (Wildman–Crippen LogP) is 5.00. The van der Waals surface area contributed by atoms with Crippen LogP contribution in [0.4, 0.5) is 24.5 Å². The molecule has 1 N–H and O–H groups in total. The summed E-state index contributed by atoms with van der Waals surface area (Å²) in [6, 6.07) is 9.76. The molecule has 0 aliphatic carbocycles. The number of hydrogen-bond donors (Lipinski definition) is 1. The van der Waals surface area contributed by atoms with Gasteiger partial charge in [0.1, 0.15) is 0 Å². The summed E-state index contributed by atoms with van der Waals surface area (Å²) in [6.45, 7) is 0.116. The minimum absolute atomic E-state index is 0.0367. The third-order valence-electron chi connectivity index (χ3n) is 4.15. The van der Waals surface area contributed by atoms with Crippen molar-refractivity contribution in [3.8, 4) is 0 Å². The number of nitrogens with one attached hydrogen (secondary N) is 1. The number of halogens is 5. The lowest BCUT2D eigenvalue weighted by atomic mass is 10.1. The molecule has 0 saturated carbocycles. The average molecular weight is 417 g/mol. The van der Waals surface area contributed by atoms with Crippen LogP contribution in [0.2, 0.25) is 10.0 Å². The fraction of sp³-hybridized carbons (Fsp3) is 0.222. The van der Waals surface area contributed by atoms with Crippen molar-refractivity contribution >= 4 is 46.4 Å². The Hall–Kier alpha value is -2.25. The monoisotopic (exact) mass is 416 g/mol. The molecule has 27 heavy (non-hydrogen) atoms. The number of hydrogen-bond acceptors (Lipinski definition) is 2. The van der Waals surface area contributed by atoms with Crippen LogP contribution in [0.3, 0.4) is 0 Å². The smallest absolute Gasteiger partial charge is 0.326 e. The molecule has 1 saturated heterocycles. The Bertz CT molecular complexity index is 902. The first-order valence-corrected chi connectivity index (χ1v) is 8.64. The van der Waals surface area contributed by atoms with Crippen molar-refractivity contribution in [2.24, 2.45) is 5.92 Å². The van der Waals surface area contributed by atoms with E-state index >= 15 is 0 Å². The van der Waals surface area contributed by atoms with Gasteiger partial charge in [0.15, 0.2) is 0 Å². The third-order valence-corrected chi connectivity index (χ3v) is 4.72. The van der Waals surface area contributed by atoms with Crippen molar-refractivity contribution < 1.29 is 22.8 Å². The maximum atomic E-state index is 12.9. The van der Waals surface area contributed by atoms with E-state index in [-0.39, 0.29) is 24.6 Å². The van der Waals surface area contributed by atoms with Crippen LogP contribution in [0.5, 0.6) is 0 Å². The molecule has 1 aliphatic heterocycles. The molecule has 4 nitrogen and oxygen atoms in total. The summed E-state index contributed by atoms with van der Waals surface area (Å²) in [5.41, 5.74) is -0.510. The van der Waals surface area contributed by atoms with E-state index in [1.807, 2.05) is 0 Å². The second kappa shape index (κ2) is 7.40. The van der Waals surface area contributed by atoms with Crippen LogP contribution >= 0.6 is 23.2 Å². The minimum Gasteiger partial charge on any atom is -0.326 e. The van der Waals surface area contributed by atoms with Gasteiger partial charge >= 0.3 is 6.18 Å². The summed E-state index contributed by atoms with van der Waals surface area (Å²) >= 11 is 11.5. The summed E-state index contributed by atoms with van der Waals surface area (Å²) in [4.78, 5) is 26.1. The maximum Gasteiger partial charge on any atom is 0.417 e. The van der Waals surface area contributed by atoms with Crippen molar-refractivity contribution in [2.75, 3.05) is 16.8 Å². The number of amides is 2. The lowest BCUT2D eigenvalue weighted by Gasteiger charge is -2.17. The van der Waals surface area contributed by atoms with Crippen molar-refractivity contribution in [2.45, 2.75) is 12.6 Å². The first kappa shape index (κ1) is 19.5. The van der Waals surface area contributed by atoms with Crippen molar-refractivity contribution in [1.29, 1.82) is 0 Å². The Labute approximate surface area is 162 Å². The van der Waals surface area contributed by atoms with E-state index in [9.17, 15) is 22.8 Å². The molecular formula is C18H13Cl2F3N2O2. The number of alkyl halides is 3. The number of carbonyl (C=O) groups excluding carboxylic acids is 2. The van der Waals surface area contributed by atoms with Crippen LogP contribution in [-0.2, 0) is 15.8 Å².